The van der Waals surface area contributed by atoms with E-state index in [2.05, 4.69) is 47.9 Å². The zero-order valence-corrected chi connectivity index (χ0v) is 19.6. The van der Waals surface area contributed by atoms with Gasteiger partial charge in [-0.2, -0.15) is 0 Å². The standard InChI is InChI=1S/C30H24O4/c1-31-27-7-5-6-21(18-27)8-9-22-12-14-26-17-23(13-15-25(26)16-22)10-11-24-19-28(32-2)30(34-4)29(20-24)33-3/h5-7,12-20H,1-4H3. The second-order valence-electron chi connectivity index (χ2n) is 7.42. The van der Waals surface area contributed by atoms with E-state index in [-0.39, 0.29) is 0 Å². The first kappa shape index (κ1) is 22.6. The molecule has 0 N–H and O–H groups in total. The number of benzene rings is 4. The molecule has 34 heavy (non-hydrogen) atoms. The van der Waals surface area contributed by atoms with Crippen LogP contribution in [0.15, 0.2) is 72.8 Å². The summed E-state index contributed by atoms with van der Waals surface area (Å²) in [5.41, 5.74) is 3.55. The molecule has 0 bridgehead atoms. The molecule has 0 aliphatic carbocycles. The molecular weight excluding hydrogens is 424 g/mol. The summed E-state index contributed by atoms with van der Waals surface area (Å²) in [7, 11) is 6.41. The molecule has 4 rings (SSSR count). The van der Waals surface area contributed by atoms with Crippen molar-refractivity contribution in [3.05, 3.63) is 95.1 Å². The average molecular weight is 449 g/mol. The van der Waals surface area contributed by atoms with Gasteiger partial charge in [0, 0.05) is 22.3 Å². The van der Waals surface area contributed by atoms with Crippen LogP contribution < -0.4 is 18.9 Å². The van der Waals surface area contributed by atoms with E-state index in [0.29, 0.717) is 17.2 Å². The molecule has 0 aliphatic heterocycles. The SMILES string of the molecule is COc1cccc(C#Cc2ccc3cc(C#Cc4cc(OC)c(OC)c(OC)c4)ccc3c2)c1. The zero-order valence-electron chi connectivity index (χ0n) is 19.6. The van der Waals surface area contributed by atoms with Gasteiger partial charge in [0.05, 0.1) is 28.4 Å². The molecule has 168 valence electrons. The zero-order chi connectivity index (χ0) is 23.9. The van der Waals surface area contributed by atoms with E-state index < -0.39 is 0 Å². The van der Waals surface area contributed by atoms with E-state index >= 15 is 0 Å². The lowest BCUT2D eigenvalue weighted by Crippen LogP contribution is -1.95. The van der Waals surface area contributed by atoms with Crippen molar-refractivity contribution in [3.63, 3.8) is 0 Å². The molecule has 0 aliphatic rings. The smallest absolute Gasteiger partial charge is 0.203 e. The van der Waals surface area contributed by atoms with Crippen LogP contribution >= 0.6 is 0 Å². The molecule has 0 aromatic heterocycles. The molecule has 0 fully saturated rings. The van der Waals surface area contributed by atoms with Crippen LogP contribution in [0.4, 0.5) is 0 Å². The molecule has 0 saturated carbocycles. The molecule has 0 unspecified atom stereocenters. The van der Waals surface area contributed by atoms with E-state index in [1.165, 1.54) is 0 Å². The van der Waals surface area contributed by atoms with Gasteiger partial charge in [-0.15, -0.1) is 0 Å². The number of rotatable bonds is 4. The molecule has 0 spiro atoms. The van der Waals surface area contributed by atoms with Crippen molar-refractivity contribution >= 4 is 10.8 Å². The van der Waals surface area contributed by atoms with Gasteiger partial charge in [0.1, 0.15) is 5.75 Å². The highest BCUT2D eigenvalue weighted by Crippen LogP contribution is 2.38. The monoisotopic (exact) mass is 448 g/mol. The van der Waals surface area contributed by atoms with Gasteiger partial charge < -0.3 is 18.9 Å². The summed E-state index contributed by atoms with van der Waals surface area (Å²) in [4.78, 5) is 0. The highest BCUT2D eigenvalue weighted by Gasteiger charge is 2.12. The first-order valence-corrected chi connectivity index (χ1v) is 10.7. The van der Waals surface area contributed by atoms with Gasteiger partial charge in [-0.3, -0.25) is 0 Å². The molecule has 4 aromatic carbocycles. The summed E-state index contributed by atoms with van der Waals surface area (Å²) < 4.78 is 21.5. The fourth-order valence-electron chi connectivity index (χ4n) is 3.54. The Hall–Kier alpha value is -4.54. The van der Waals surface area contributed by atoms with Gasteiger partial charge >= 0.3 is 0 Å². The Morgan fingerprint density at radius 1 is 0.471 bits per heavy atom. The van der Waals surface area contributed by atoms with E-state index in [4.69, 9.17) is 18.9 Å². The number of hydrogen-bond donors (Lipinski definition) is 0. The van der Waals surface area contributed by atoms with E-state index in [1.54, 1.807) is 28.4 Å². The molecule has 0 atom stereocenters. The lowest BCUT2D eigenvalue weighted by atomic mass is 10.0. The maximum atomic E-state index is 5.41. The van der Waals surface area contributed by atoms with Crippen molar-refractivity contribution in [1.29, 1.82) is 0 Å². The van der Waals surface area contributed by atoms with Gasteiger partial charge in [-0.05, 0) is 65.4 Å². The topological polar surface area (TPSA) is 36.9 Å². The molecule has 4 aromatic rings. The van der Waals surface area contributed by atoms with Crippen LogP contribution in [0, 0.1) is 23.7 Å². The summed E-state index contributed by atoms with van der Waals surface area (Å²) in [6.07, 6.45) is 0. The van der Waals surface area contributed by atoms with Crippen LogP contribution in [0.3, 0.4) is 0 Å². The third-order valence-electron chi connectivity index (χ3n) is 5.28. The lowest BCUT2D eigenvalue weighted by Gasteiger charge is -2.12. The Bertz CT molecular complexity index is 1440. The van der Waals surface area contributed by atoms with Gasteiger partial charge in [0.15, 0.2) is 11.5 Å². The molecular formula is C30H24O4. The number of hydrogen-bond acceptors (Lipinski definition) is 4. The molecule has 0 heterocycles. The maximum absolute atomic E-state index is 5.41. The quantitative estimate of drug-likeness (QED) is 0.377. The fourth-order valence-corrected chi connectivity index (χ4v) is 3.54. The van der Waals surface area contributed by atoms with Gasteiger partial charge in [0.25, 0.3) is 0 Å². The number of methoxy groups -OCH3 is 4. The molecule has 4 nitrogen and oxygen atoms in total. The predicted octanol–water partition coefficient (Wildman–Crippen LogP) is 5.67. The Balaban J connectivity index is 1.59. The van der Waals surface area contributed by atoms with Crippen LogP contribution in [0.2, 0.25) is 0 Å². The molecule has 4 heteroatoms. The molecule has 0 amide bonds. The van der Waals surface area contributed by atoms with Crippen LogP contribution in [-0.2, 0) is 0 Å². The predicted molar refractivity (Wildman–Crippen MR) is 135 cm³/mol. The number of fused-ring (bicyclic) bond motifs is 1. The van der Waals surface area contributed by atoms with Crippen LogP contribution in [-0.4, -0.2) is 28.4 Å². The first-order chi connectivity index (χ1) is 16.6. The van der Waals surface area contributed by atoms with E-state index in [1.807, 2.05) is 48.5 Å². The summed E-state index contributed by atoms with van der Waals surface area (Å²) in [5, 5.41) is 2.21. The minimum Gasteiger partial charge on any atom is -0.497 e. The Labute approximate surface area is 200 Å². The van der Waals surface area contributed by atoms with Gasteiger partial charge in [-0.1, -0.05) is 41.9 Å². The van der Waals surface area contributed by atoms with Crippen molar-refractivity contribution in [3.8, 4) is 46.7 Å². The fraction of sp³-hybridized carbons (Fsp3) is 0.133. The van der Waals surface area contributed by atoms with Crippen LogP contribution in [0.5, 0.6) is 23.0 Å². The second-order valence-corrected chi connectivity index (χ2v) is 7.42. The van der Waals surface area contributed by atoms with Crippen molar-refractivity contribution < 1.29 is 18.9 Å². The maximum Gasteiger partial charge on any atom is 0.203 e. The van der Waals surface area contributed by atoms with Crippen LogP contribution in [0.1, 0.15) is 22.3 Å². The lowest BCUT2D eigenvalue weighted by molar-refractivity contribution is 0.324. The first-order valence-electron chi connectivity index (χ1n) is 10.7. The Kier molecular flexibility index (Phi) is 6.92. The van der Waals surface area contributed by atoms with Gasteiger partial charge in [-0.25, -0.2) is 0 Å². The molecule has 0 saturated heterocycles. The second kappa shape index (κ2) is 10.4. The minimum absolute atomic E-state index is 0.548. The summed E-state index contributed by atoms with van der Waals surface area (Å²) >= 11 is 0. The van der Waals surface area contributed by atoms with Crippen molar-refractivity contribution in [2.45, 2.75) is 0 Å². The van der Waals surface area contributed by atoms with Crippen molar-refractivity contribution in [2.75, 3.05) is 28.4 Å². The van der Waals surface area contributed by atoms with Crippen molar-refractivity contribution in [1.82, 2.24) is 0 Å². The Morgan fingerprint density at radius 3 is 1.50 bits per heavy atom. The number of ether oxygens (including phenoxy) is 4. The Morgan fingerprint density at radius 2 is 1.00 bits per heavy atom. The van der Waals surface area contributed by atoms with E-state index in [0.717, 1.165) is 38.8 Å². The normalized spacial score (nSPS) is 9.88. The molecule has 0 radical (unpaired) electrons. The third kappa shape index (κ3) is 5.09. The average Bonchev–Trinajstić information content (AvgIpc) is 2.89. The highest BCUT2D eigenvalue weighted by atomic mass is 16.5. The summed E-state index contributed by atoms with van der Waals surface area (Å²) in [6, 6.07) is 23.7. The largest absolute Gasteiger partial charge is 0.497 e. The van der Waals surface area contributed by atoms with Crippen molar-refractivity contribution in [2.24, 2.45) is 0 Å². The van der Waals surface area contributed by atoms with Crippen LogP contribution in [0.25, 0.3) is 10.8 Å². The minimum atomic E-state index is 0.548. The summed E-state index contributed by atoms with van der Waals surface area (Å²) in [5.74, 6) is 15.3. The summed E-state index contributed by atoms with van der Waals surface area (Å²) in [6.45, 7) is 0. The highest BCUT2D eigenvalue weighted by molar-refractivity contribution is 5.85. The van der Waals surface area contributed by atoms with E-state index in [9.17, 15) is 0 Å². The third-order valence-corrected chi connectivity index (χ3v) is 5.28. The van der Waals surface area contributed by atoms with Gasteiger partial charge in [0.2, 0.25) is 5.75 Å².